The van der Waals surface area contributed by atoms with E-state index in [1.54, 1.807) is 64.5 Å². The Bertz CT molecular complexity index is 6290. The number of nitrogens with zero attached hydrogens (tertiary/aromatic N) is 28. The van der Waals surface area contributed by atoms with Crippen molar-refractivity contribution in [2.24, 2.45) is 23.1 Å². The molecule has 5 unspecified atom stereocenters. The van der Waals surface area contributed by atoms with Crippen LogP contribution in [0.4, 0.5) is 0 Å². The van der Waals surface area contributed by atoms with Crippen molar-refractivity contribution < 1.29 is 77.7 Å². The van der Waals surface area contributed by atoms with Crippen LogP contribution in [0, 0.1) is 57.8 Å². The van der Waals surface area contributed by atoms with Crippen molar-refractivity contribution in [2.45, 2.75) is 96.9 Å². The first-order chi connectivity index (χ1) is 58.6. The molecule has 9 N–H and O–H groups in total. The Hall–Kier alpha value is -13.5. The molecule has 3 amide bonds. The van der Waals surface area contributed by atoms with Crippen LogP contribution in [-0.4, -0.2) is 201 Å². The number of fused-ring (bicyclic) bond motifs is 4. The van der Waals surface area contributed by atoms with E-state index in [1.807, 2.05) is 123 Å². The fourth-order valence-corrected chi connectivity index (χ4v) is 14.5. The van der Waals surface area contributed by atoms with Gasteiger partial charge in [0.15, 0.2) is 24.6 Å². The van der Waals surface area contributed by atoms with Gasteiger partial charge in [0.2, 0.25) is 17.3 Å². The number of carbonyl (C=O) groups is 3. The van der Waals surface area contributed by atoms with Crippen LogP contribution in [0.2, 0.25) is 0 Å². The first-order valence-electron chi connectivity index (χ1n) is 36.9. The maximum atomic E-state index is 12.2. The topological polar surface area (TPSA) is 597 Å². The van der Waals surface area contributed by atoms with Gasteiger partial charge in [-0.3, -0.25) is 24.2 Å². The van der Waals surface area contributed by atoms with Crippen molar-refractivity contribution in [3.05, 3.63) is 191 Å². The number of carbonyl (C=O) groups excluding carboxylic acids is 3. The van der Waals surface area contributed by atoms with Crippen molar-refractivity contribution in [1.29, 1.82) is 21.0 Å². The zero-order valence-electron chi connectivity index (χ0n) is 68.3. The molecule has 12 heterocycles. The smallest absolute Gasteiger partial charge is 0.870 e. The third kappa shape index (κ3) is 22.0. The number of nitriles is 4. The number of hydrogen-bond donors (Lipinski definition) is 5. The number of hydrogen-bond acceptors (Lipinski definition) is 30. The maximum Gasteiger partial charge on any atom is 1.00 e. The summed E-state index contributed by atoms with van der Waals surface area (Å²) in [6.07, 6.45) is 23.8. The Kier molecular flexibility index (Phi) is 34.5. The zero-order chi connectivity index (χ0) is 87.0. The normalized spacial score (nSPS) is 14.7. The Labute approximate surface area is 728 Å². The molecule has 0 spiro atoms. The van der Waals surface area contributed by atoms with Gasteiger partial charge in [0.05, 0.1) is 117 Å². The molecule has 14 aromatic rings. The molecular weight excluding hydrogens is 1650 g/mol. The van der Waals surface area contributed by atoms with Crippen LogP contribution < -0.4 is 46.8 Å². The number of primary amides is 3. The Morgan fingerprint density at radius 2 is 1.06 bits per heavy atom. The van der Waals surface area contributed by atoms with Crippen molar-refractivity contribution in [2.75, 3.05) is 47.4 Å². The van der Waals surface area contributed by atoms with E-state index in [0.29, 0.717) is 137 Å². The molecule has 0 saturated heterocycles. The molecule has 5 atom stereocenters. The first-order valence-corrected chi connectivity index (χ1v) is 41.6. The van der Waals surface area contributed by atoms with E-state index in [-0.39, 0.29) is 82.6 Å². The molecule has 2 aliphatic rings. The van der Waals surface area contributed by atoms with Crippen LogP contribution in [0.25, 0.3) is 94.0 Å². The van der Waals surface area contributed by atoms with Gasteiger partial charge in [-0.1, -0.05) is 66.2 Å². The molecule has 123 heavy (non-hydrogen) atoms. The SMILES string of the molecule is CCOC(C)n1cc(-c2nnnc3c2c(C#N)cn3Cc2ccccc2)cn1.CCOC(C)n1cc(-c2nnnc3c2c(C(N)=O)cn3Cc2ccccc2)cn1.CO.COPC.C[P+](=O)n1cc(C(N)=O)c2c(-c3cn[nH]c3)nnnc21.N#CC=C1CC(C#N)C1.[C-]#[N+]C1CC(CC#N)(n2cc(-c3nnnc4c3c(C(N)=O)cn4[P+](C)=O)cn2)C1.[Na+].[OH-]. The molecule has 2 aliphatic carbocycles. The number of allylic oxidation sites excluding steroid dienone is 2. The van der Waals surface area contributed by atoms with Crippen LogP contribution in [-0.2, 0) is 41.8 Å². The van der Waals surface area contributed by atoms with Crippen LogP contribution in [0.15, 0.2) is 147 Å². The zero-order valence-corrected chi connectivity index (χ0v) is 73.1. The quantitative estimate of drug-likeness (QED) is 0.0210. The fraction of sp³-hybridized carbons (Fsp3) is 0.299. The van der Waals surface area contributed by atoms with Gasteiger partial charge < -0.3 is 55.8 Å². The second-order valence-corrected chi connectivity index (χ2v) is 30.1. The van der Waals surface area contributed by atoms with E-state index < -0.39 is 39.2 Å². The van der Waals surface area contributed by atoms with Gasteiger partial charge in [-0.05, 0) is 88.3 Å². The minimum absolute atomic E-state index is 0. The summed E-state index contributed by atoms with van der Waals surface area (Å²) < 4.78 is 51.1. The summed E-state index contributed by atoms with van der Waals surface area (Å²) in [5.41, 5.74) is 26.7. The predicted molar refractivity (Wildman–Crippen MR) is 446 cm³/mol. The summed E-state index contributed by atoms with van der Waals surface area (Å²) in [5, 5.41) is 112. The van der Waals surface area contributed by atoms with Crippen LogP contribution in [0.3, 0.4) is 0 Å². The average Bonchev–Trinajstić information content (AvgIpc) is 1.65. The van der Waals surface area contributed by atoms with Crippen LogP contribution in [0.1, 0.15) is 120 Å². The number of ether oxygens (including phenoxy) is 2. The standard InChI is InChI=1S/C20H21N7O2.C20H19N7O.C17H14N9O2P.C10H8N7O2P.C7H6N2.C2H7OP.CH4O.Na.H2O/c1-3-29-13(2)27-11-15(9-22-27)18-17-16(19(21)28)12-26(20(17)24-25-23-18)10-14-7-5-4-6-8-14;1-3-28-14(2)27-13-17(10-22-27)19-18-16(9-21)12-26(20(18)24-25-23-19)11-15-7-5-4-6-8-15;1-20-11-5-17(6-11,3-4-18)26-8-10(7-21-26)14-13-12(15(19)27)9-25(29(2)28)16(13)23-24-22-14;1-20(19)17-4-6(9(11)18)7-8(5-2-12-13-3-5)14-16-15-10(7)17;8-2-1-6-3-7(4-6)5-9;1-3-4-2;1-2;;/h4-9,11-13H,3,10H2,1-2H3,(H2,21,28);4-8,10,12-14H,3,11H2,1-2H3;7-9,11H,3,5-6H2,2H3,(H-,19,27);2-4H,1H3,(H2-,11,12,13,14,15,18);1,7H,3-4H2;4H,1-2H3;2H,1H3;;1H2/q;;;;;;;+1;/p+1. The third-order valence-electron chi connectivity index (χ3n) is 18.9. The van der Waals surface area contributed by atoms with Gasteiger partial charge >= 0.3 is 45.5 Å². The van der Waals surface area contributed by atoms with Gasteiger partial charge in [-0.2, -0.15) is 41.4 Å². The number of nitrogens with one attached hydrogen (secondary N) is 1. The number of rotatable bonds is 22. The summed E-state index contributed by atoms with van der Waals surface area (Å²) in [6.45, 7) is 22.1. The maximum absolute atomic E-state index is 12.2. The van der Waals surface area contributed by atoms with Crippen molar-refractivity contribution in [3.63, 3.8) is 0 Å². The number of H-pyrrole nitrogens is 1. The minimum atomic E-state index is -1.86. The second-order valence-electron chi connectivity index (χ2n) is 26.6. The molecule has 624 valence electrons. The Morgan fingerprint density at radius 1 is 0.634 bits per heavy atom. The van der Waals surface area contributed by atoms with Crippen LogP contribution >= 0.6 is 24.7 Å². The molecule has 0 radical (unpaired) electrons. The largest absolute Gasteiger partial charge is 1.00 e. The monoisotopic (exact) mass is 1730 g/mol. The molecule has 2 saturated carbocycles. The van der Waals surface area contributed by atoms with E-state index in [1.165, 1.54) is 46.7 Å². The van der Waals surface area contributed by atoms with Gasteiger partial charge in [-0.15, -0.1) is 49.5 Å². The van der Waals surface area contributed by atoms with Crippen molar-refractivity contribution >= 4 is 86.6 Å². The Morgan fingerprint density at radius 3 is 1.46 bits per heavy atom. The first kappa shape index (κ1) is 95.0. The molecule has 2 aromatic carbocycles. The molecule has 16 rings (SSSR count). The molecular formula is C77H82N32NaO10P3+2. The van der Waals surface area contributed by atoms with E-state index in [4.69, 9.17) is 48.9 Å². The number of aliphatic hydroxyl groups is 1. The summed E-state index contributed by atoms with van der Waals surface area (Å²) >= 11 is 0. The van der Waals surface area contributed by atoms with Gasteiger partial charge in [-0.25, -0.2) is 15.9 Å². The van der Waals surface area contributed by atoms with E-state index >= 15 is 0 Å². The average molecular weight is 1730 g/mol. The summed E-state index contributed by atoms with van der Waals surface area (Å²) in [6, 6.07) is 28.3. The van der Waals surface area contributed by atoms with Gasteiger partial charge in [0, 0.05) is 128 Å². The number of nitrogens with two attached hydrogens (primary N) is 3. The van der Waals surface area contributed by atoms with Crippen molar-refractivity contribution in [3.8, 4) is 69.3 Å². The molecule has 0 bridgehead atoms. The minimum Gasteiger partial charge on any atom is -0.870 e. The van der Waals surface area contributed by atoms with Gasteiger partial charge in [0.1, 0.15) is 41.3 Å². The van der Waals surface area contributed by atoms with E-state index in [2.05, 4.69) is 115 Å². The summed E-state index contributed by atoms with van der Waals surface area (Å²) in [5.74, 6) is -1.71. The van der Waals surface area contributed by atoms with E-state index in [0.717, 1.165) is 42.2 Å². The molecule has 2 fully saturated rings. The van der Waals surface area contributed by atoms with Crippen molar-refractivity contribution in [1.82, 2.24) is 119 Å². The summed E-state index contributed by atoms with van der Waals surface area (Å²) in [7, 11) is -0.287. The fourth-order valence-electron chi connectivity index (χ4n) is 13.1. The Balaban J connectivity index is 0.000000193. The number of benzene rings is 2. The van der Waals surface area contributed by atoms with Gasteiger partial charge in [0.25, 0.3) is 17.7 Å². The number of aromatic amines is 1. The molecule has 42 nitrogen and oxygen atoms in total. The predicted octanol–water partition coefficient (Wildman–Crippen LogP) is 6.45. The number of amides is 3. The van der Waals surface area contributed by atoms with Crippen LogP contribution in [0.5, 0.6) is 0 Å². The molecule has 0 aliphatic heterocycles. The van der Waals surface area contributed by atoms with E-state index in [9.17, 15) is 34.0 Å². The summed E-state index contributed by atoms with van der Waals surface area (Å²) in [4.78, 5) is 39.2. The number of aliphatic hydroxyl groups excluding tert-OH is 1. The number of aromatic nitrogens is 24. The molecule has 46 heteroatoms. The third-order valence-corrected chi connectivity index (χ3v) is 21.2. The molecule has 12 aromatic heterocycles. The second kappa shape index (κ2) is 44.7.